The summed E-state index contributed by atoms with van der Waals surface area (Å²) in [4.78, 5) is 53.7. The molecule has 0 bridgehead atoms. The summed E-state index contributed by atoms with van der Waals surface area (Å²) < 4.78 is 112. The van der Waals surface area contributed by atoms with Crippen LogP contribution in [-0.2, 0) is 54.4 Å². The normalized spacial score (nSPS) is 14.1. The Labute approximate surface area is 543 Å². The fourth-order valence-corrected chi connectivity index (χ4v) is 13.9. The van der Waals surface area contributed by atoms with Gasteiger partial charge in [-0.25, -0.2) is 43.3 Å². The molecule has 0 aliphatic carbocycles. The van der Waals surface area contributed by atoms with Gasteiger partial charge in [-0.1, -0.05) is 58.2 Å². The minimum atomic E-state index is -3.83. The number of amides is 2. The standard InChI is InChI=1S/C32H34Cl2N4O7S2.C28H26Cl2N4O7S2/c1-32(2,3)45-30(39)13-7-22-6-12-29(36(4)46(5,41)42)28(18-22)31(40)35-25-8-10-27(11-9-25)47(43,44)38-16-14-37(15-17-38)26-20-23(33)19-24(34)21-26;1-32(42(2,38)39)26-9-3-19(4-10-27(35)36)15-25(26)28(37)31-22-5-7-24(8-6-22)43(40,41)34-13-11-33(12-14-34)23-17-20(29)16-21(30)18-23/h6,8-12,18-21H,14-17H2,1-5H3,(H,35,40);3,5-9,15-18H,11-14H2,1-2H3,(H,31,37)(H,35,36). The van der Waals surface area contributed by atoms with Crippen LogP contribution >= 0.6 is 46.4 Å². The van der Waals surface area contributed by atoms with Crippen molar-refractivity contribution in [1.82, 2.24) is 8.61 Å². The molecule has 2 amide bonds. The van der Waals surface area contributed by atoms with Crippen LogP contribution in [0.15, 0.2) is 131 Å². The largest absolute Gasteiger partial charge is 0.472 e. The molecular formula is C60H60Cl4N8O14S4. The highest BCUT2D eigenvalue weighted by atomic mass is 35.5. The average Bonchev–Trinajstić information content (AvgIpc) is 0.896. The summed E-state index contributed by atoms with van der Waals surface area (Å²) in [7, 11) is -12.6. The first-order valence-electron chi connectivity index (χ1n) is 26.9. The van der Waals surface area contributed by atoms with Crippen molar-refractivity contribution in [2.45, 2.75) is 36.2 Å². The smallest absolute Gasteiger partial charge is 0.385 e. The van der Waals surface area contributed by atoms with Crippen LogP contribution in [0.3, 0.4) is 0 Å². The van der Waals surface area contributed by atoms with Gasteiger partial charge in [-0.2, -0.15) is 8.61 Å². The highest BCUT2D eigenvalue weighted by molar-refractivity contribution is 7.92. The van der Waals surface area contributed by atoms with Gasteiger partial charge in [0.05, 0.1) is 44.8 Å². The molecule has 8 rings (SSSR count). The summed E-state index contributed by atoms with van der Waals surface area (Å²) in [6.45, 7) is 7.82. The summed E-state index contributed by atoms with van der Waals surface area (Å²) >= 11 is 24.5. The zero-order valence-corrected chi connectivity index (χ0v) is 55.6. The molecule has 30 heteroatoms. The van der Waals surface area contributed by atoms with E-state index in [1.165, 1.54) is 108 Å². The predicted octanol–water partition coefficient (Wildman–Crippen LogP) is 8.43. The van der Waals surface area contributed by atoms with Crippen LogP contribution in [0.1, 0.15) is 52.6 Å². The van der Waals surface area contributed by atoms with Gasteiger partial charge in [0.1, 0.15) is 5.60 Å². The van der Waals surface area contributed by atoms with E-state index in [1.807, 2.05) is 15.7 Å². The van der Waals surface area contributed by atoms with Crippen molar-refractivity contribution in [1.29, 1.82) is 0 Å². The molecule has 22 nitrogen and oxygen atoms in total. The van der Waals surface area contributed by atoms with E-state index in [1.54, 1.807) is 57.2 Å². The summed E-state index contributed by atoms with van der Waals surface area (Å²) in [5.74, 6) is 5.84. The van der Waals surface area contributed by atoms with Crippen molar-refractivity contribution < 1.29 is 62.7 Å². The predicted molar refractivity (Wildman–Crippen MR) is 350 cm³/mol. The Morgan fingerprint density at radius 2 is 0.833 bits per heavy atom. The monoisotopic (exact) mass is 1380 g/mol. The fraction of sp³-hybridized carbons (Fsp3) is 0.267. The van der Waals surface area contributed by atoms with Crippen molar-refractivity contribution >= 4 is 144 Å². The van der Waals surface area contributed by atoms with E-state index in [4.69, 9.17) is 56.2 Å². The maximum Gasteiger partial charge on any atom is 0.385 e. The number of carboxylic acid groups (broad SMARTS) is 1. The number of halogens is 4. The number of esters is 1. The van der Waals surface area contributed by atoms with Gasteiger partial charge in [0, 0.05) is 132 Å². The van der Waals surface area contributed by atoms with E-state index in [2.05, 4.69) is 28.4 Å². The number of anilines is 6. The first kappa shape index (κ1) is 69.9. The first-order chi connectivity index (χ1) is 42.0. The summed E-state index contributed by atoms with van der Waals surface area (Å²) in [6, 6.07) is 29.9. The number of rotatable bonds is 14. The summed E-state index contributed by atoms with van der Waals surface area (Å²) in [5.41, 5.74) is 1.85. The molecular weight excluding hydrogens is 1330 g/mol. The molecule has 0 atom stereocenters. The number of hydrogen-bond acceptors (Lipinski definition) is 15. The molecule has 2 aliphatic rings. The lowest BCUT2D eigenvalue weighted by Gasteiger charge is -2.35. The van der Waals surface area contributed by atoms with Gasteiger partial charge in [-0.15, -0.1) is 0 Å². The molecule has 0 spiro atoms. The quantitative estimate of drug-likeness (QED) is 0.0681. The van der Waals surface area contributed by atoms with Crippen LogP contribution in [0, 0.1) is 23.7 Å². The van der Waals surface area contributed by atoms with E-state index < -0.39 is 69.4 Å². The Balaban J connectivity index is 0.000000257. The molecule has 0 radical (unpaired) electrons. The van der Waals surface area contributed by atoms with E-state index >= 15 is 0 Å². The molecule has 476 valence electrons. The van der Waals surface area contributed by atoms with E-state index in [0.29, 0.717) is 46.3 Å². The van der Waals surface area contributed by atoms with Crippen LogP contribution in [0.2, 0.25) is 20.1 Å². The highest BCUT2D eigenvalue weighted by Crippen LogP contribution is 2.32. The fourth-order valence-electron chi connectivity index (χ4n) is 8.98. The molecule has 3 N–H and O–H groups in total. The van der Waals surface area contributed by atoms with Crippen LogP contribution < -0.4 is 29.0 Å². The first-order valence-corrected chi connectivity index (χ1v) is 35.0. The molecule has 0 unspecified atom stereocenters. The number of sulfonamides is 4. The molecule has 2 heterocycles. The van der Waals surface area contributed by atoms with Crippen molar-refractivity contribution in [3.05, 3.63) is 164 Å². The number of nitrogens with one attached hydrogen (secondary N) is 2. The van der Waals surface area contributed by atoms with Crippen LogP contribution in [0.5, 0.6) is 0 Å². The molecule has 0 aromatic heterocycles. The van der Waals surface area contributed by atoms with Gasteiger partial charge >= 0.3 is 11.9 Å². The summed E-state index contributed by atoms with van der Waals surface area (Å²) in [5, 5.41) is 16.1. The van der Waals surface area contributed by atoms with Crippen LogP contribution in [-0.4, -0.2) is 156 Å². The van der Waals surface area contributed by atoms with Crippen molar-refractivity contribution in [2.24, 2.45) is 0 Å². The maximum atomic E-state index is 13.4. The van der Waals surface area contributed by atoms with E-state index in [-0.39, 0.29) is 81.0 Å². The van der Waals surface area contributed by atoms with Gasteiger partial charge < -0.3 is 30.3 Å². The molecule has 90 heavy (non-hydrogen) atoms. The van der Waals surface area contributed by atoms with Gasteiger partial charge in [0.15, 0.2) is 0 Å². The molecule has 2 aliphatic heterocycles. The third-order valence-corrected chi connectivity index (χ3v) is 20.7. The average molecular weight is 1390 g/mol. The van der Waals surface area contributed by atoms with Crippen molar-refractivity contribution in [3.63, 3.8) is 0 Å². The van der Waals surface area contributed by atoms with Crippen LogP contribution in [0.4, 0.5) is 34.1 Å². The number of carboxylic acids is 1. The number of benzene rings is 6. The van der Waals surface area contributed by atoms with Gasteiger partial charge in [-0.05, 0) is 142 Å². The SMILES string of the molecule is CN(c1ccc(C#CC(=O)O)cc1C(=O)Nc1ccc(S(=O)(=O)N2CCN(c3cc(Cl)cc(Cl)c3)CC2)cc1)S(C)(=O)=O.CN(c1ccc(C#CC(=O)OC(C)(C)C)cc1C(=O)Nc1ccc(S(=O)(=O)N2CCN(c3cc(Cl)cc(Cl)c3)CC2)cc1)S(C)(=O)=O. The number of aliphatic carboxylic acids is 1. The Bertz CT molecular complexity index is 4330. The second kappa shape index (κ2) is 28.7. The number of piperazine rings is 2. The van der Waals surface area contributed by atoms with E-state index in [9.17, 15) is 52.8 Å². The minimum Gasteiger partial charge on any atom is -0.472 e. The number of carbonyl (C=O) groups excluding carboxylic acids is 3. The maximum absolute atomic E-state index is 13.4. The molecule has 2 fully saturated rings. The van der Waals surface area contributed by atoms with Gasteiger partial charge in [-0.3, -0.25) is 18.2 Å². The lowest BCUT2D eigenvalue weighted by molar-refractivity contribution is -0.147. The van der Waals surface area contributed by atoms with Gasteiger partial charge in [0.2, 0.25) is 40.1 Å². The zero-order chi connectivity index (χ0) is 66.3. The Hall–Kier alpha value is -7.60. The number of carbonyl (C=O) groups is 4. The van der Waals surface area contributed by atoms with Gasteiger partial charge in [0.25, 0.3) is 11.8 Å². The Morgan fingerprint density at radius 3 is 1.14 bits per heavy atom. The third-order valence-electron chi connectivity index (χ3n) is 13.6. The Morgan fingerprint density at radius 1 is 0.500 bits per heavy atom. The number of nitrogens with zero attached hydrogens (tertiary/aromatic N) is 6. The van der Waals surface area contributed by atoms with Crippen LogP contribution in [0.25, 0.3) is 0 Å². The van der Waals surface area contributed by atoms with E-state index in [0.717, 1.165) is 32.5 Å². The second-order valence-electron chi connectivity index (χ2n) is 21.2. The van der Waals surface area contributed by atoms with Crippen molar-refractivity contribution in [3.8, 4) is 23.7 Å². The number of hydrogen-bond donors (Lipinski definition) is 3. The lowest BCUT2D eigenvalue weighted by atomic mass is 10.1. The highest BCUT2D eigenvalue weighted by Gasteiger charge is 2.31. The lowest BCUT2D eigenvalue weighted by Crippen LogP contribution is -2.48. The third kappa shape index (κ3) is 18.5. The zero-order valence-electron chi connectivity index (χ0n) is 49.3. The van der Waals surface area contributed by atoms with Crippen molar-refractivity contribution in [2.75, 3.05) is 108 Å². The summed E-state index contributed by atoms with van der Waals surface area (Å²) in [6.07, 6.45) is 1.97. The Kier molecular flexibility index (Phi) is 22.3. The second-order valence-corrected chi connectivity index (χ2v) is 30.9. The molecule has 6 aromatic rings. The topological polar surface area (TPSA) is 278 Å². The molecule has 0 saturated carbocycles. The number of ether oxygens (including phenoxy) is 1. The molecule has 2 saturated heterocycles. The minimum absolute atomic E-state index is 0.0354. The molecule has 6 aromatic carbocycles.